The number of carbonyl (C=O) groups excluding carboxylic acids is 1. The Morgan fingerprint density at radius 2 is 2.24 bits per heavy atom. The van der Waals surface area contributed by atoms with Crippen LogP contribution in [0.4, 0.5) is 4.39 Å². The zero-order valence-corrected chi connectivity index (χ0v) is 12.7. The molecule has 5 nitrogen and oxygen atoms in total. The molecule has 0 saturated carbocycles. The Morgan fingerprint density at radius 3 is 2.90 bits per heavy atom. The number of amides is 1. The lowest BCUT2D eigenvalue weighted by Crippen LogP contribution is -2.43. The predicted octanol–water partition coefficient (Wildman–Crippen LogP) is 0.908. The van der Waals surface area contributed by atoms with Crippen molar-refractivity contribution in [3.8, 4) is 0 Å². The van der Waals surface area contributed by atoms with Crippen molar-refractivity contribution in [1.29, 1.82) is 0 Å². The second kappa shape index (κ2) is 6.53. The van der Waals surface area contributed by atoms with Crippen LogP contribution in [0.1, 0.15) is 18.4 Å². The van der Waals surface area contributed by atoms with E-state index in [0.29, 0.717) is 18.7 Å². The molecule has 1 aromatic carbocycles. The van der Waals surface area contributed by atoms with E-state index in [1.54, 1.807) is 12.1 Å². The number of carbonyl (C=O) groups is 1. The van der Waals surface area contributed by atoms with Gasteiger partial charge in [-0.05, 0) is 30.5 Å². The van der Waals surface area contributed by atoms with E-state index in [2.05, 4.69) is 5.32 Å². The van der Waals surface area contributed by atoms with Gasteiger partial charge in [0.25, 0.3) is 0 Å². The number of nitrogens with zero attached hydrogens (tertiary/aromatic N) is 1. The fourth-order valence-corrected chi connectivity index (χ4v) is 3.76. The number of rotatable bonds is 5. The van der Waals surface area contributed by atoms with Crippen molar-refractivity contribution in [3.05, 3.63) is 35.6 Å². The van der Waals surface area contributed by atoms with Crippen molar-refractivity contribution >= 4 is 15.9 Å². The first-order valence-electron chi connectivity index (χ1n) is 6.84. The summed E-state index contributed by atoms with van der Waals surface area (Å²) in [4.78, 5) is 11.8. The predicted molar refractivity (Wildman–Crippen MR) is 77.7 cm³/mol. The molecule has 1 N–H and O–H groups in total. The van der Waals surface area contributed by atoms with Gasteiger partial charge in [-0.25, -0.2) is 12.8 Å². The second-order valence-corrected chi connectivity index (χ2v) is 7.22. The van der Waals surface area contributed by atoms with Gasteiger partial charge in [0, 0.05) is 19.1 Å². The largest absolute Gasteiger partial charge is 0.354 e. The Balaban J connectivity index is 1.87. The lowest BCUT2D eigenvalue weighted by atomic mass is 10.1. The number of sulfonamides is 1. The lowest BCUT2D eigenvalue weighted by molar-refractivity contribution is -0.120. The third-order valence-corrected chi connectivity index (χ3v) is 4.87. The van der Waals surface area contributed by atoms with E-state index >= 15 is 0 Å². The van der Waals surface area contributed by atoms with E-state index in [1.807, 2.05) is 0 Å². The molecule has 1 fully saturated rings. The SMILES string of the molecule is CS(=O)(=O)N1CCCC1CNC(=O)Cc1cccc(F)c1. The van der Waals surface area contributed by atoms with Crippen LogP contribution in [0.5, 0.6) is 0 Å². The van der Waals surface area contributed by atoms with Gasteiger partial charge in [-0.15, -0.1) is 0 Å². The van der Waals surface area contributed by atoms with Crippen molar-refractivity contribution in [1.82, 2.24) is 9.62 Å². The Morgan fingerprint density at radius 1 is 1.48 bits per heavy atom. The number of halogens is 1. The van der Waals surface area contributed by atoms with Gasteiger partial charge in [-0.2, -0.15) is 4.31 Å². The van der Waals surface area contributed by atoms with E-state index in [1.165, 1.54) is 22.7 Å². The van der Waals surface area contributed by atoms with Gasteiger partial charge in [0.15, 0.2) is 0 Å². The van der Waals surface area contributed by atoms with Crippen molar-refractivity contribution < 1.29 is 17.6 Å². The highest BCUT2D eigenvalue weighted by Gasteiger charge is 2.31. The van der Waals surface area contributed by atoms with Crippen molar-refractivity contribution in [3.63, 3.8) is 0 Å². The standard InChI is InChI=1S/C14H19FN2O3S/c1-21(19,20)17-7-3-6-13(17)10-16-14(18)9-11-4-2-5-12(15)8-11/h2,4-5,8,13H,3,6-7,9-10H2,1H3,(H,16,18). The summed E-state index contributed by atoms with van der Waals surface area (Å²) < 4.78 is 37.6. The van der Waals surface area contributed by atoms with Crippen LogP contribution in [0.2, 0.25) is 0 Å². The van der Waals surface area contributed by atoms with Gasteiger partial charge < -0.3 is 5.32 Å². The normalized spacial score (nSPS) is 19.6. The Kier molecular flexibility index (Phi) is 4.95. The van der Waals surface area contributed by atoms with Gasteiger partial charge in [-0.1, -0.05) is 12.1 Å². The molecule has 1 aromatic rings. The van der Waals surface area contributed by atoms with E-state index in [9.17, 15) is 17.6 Å². The fraction of sp³-hybridized carbons (Fsp3) is 0.500. The van der Waals surface area contributed by atoms with E-state index in [-0.39, 0.29) is 24.2 Å². The van der Waals surface area contributed by atoms with Crippen LogP contribution in [0.15, 0.2) is 24.3 Å². The summed E-state index contributed by atoms with van der Waals surface area (Å²) >= 11 is 0. The second-order valence-electron chi connectivity index (χ2n) is 5.28. The smallest absolute Gasteiger partial charge is 0.224 e. The molecule has 21 heavy (non-hydrogen) atoms. The minimum atomic E-state index is -3.23. The quantitative estimate of drug-likeness (QED) is 0.878. The molecule has 1 unspecified atom stereocenters. The minimum absolute atomic E-state index is 0.0867. The molecule has 0 radical (unpaired) electrons. The molecule has 1 aliphatic heterocycles. The average Bonchev–Trinajstić information content (AvgIpc) is 2.84. The molecule has 2 rings (SSSR count). The summed E-state index contributed by atoms with van der Waals surface area (Å²) in [5.74, 6) is -0.611. The highest BCUT2D eigenvalue weighted by Crippen LogP contribution is 2.19. The molecule has 0 bridgehead atoms. The Bertz CT molecular complexity index is 618. The van der Waals surface area contributed by atoms with Crippen molar-refractivity contribution in [2.24, 2.45) is 0 Å². The highest BCUT2D eigenvalue weighted by atomic mass is 32.2. The molecule has 0 aromatic heterocycles. The molecule has 116 valence electrons. The first-order chi connectivity index (χ1) is 9.86. The third kappa shape index (κ3) is 4.50. The van der Waals surface area contributed by atoms with Crippen LogP contribution < -0.4 is 5.32 Å². The van der Waals surface area contributed by atoms with Crippen LogP contribution >= 0.6 is 0 Å². The van der Waals surface area contributed by atoms with Crippen LogP contribution in [0, 0.1) is 5.82 Å². The maximum absolute atomic E-state index is 13.0. The van der Waals surface area contributed by atoms with Gasteiger partial charge in [-0.3, -0.25) is 4.79 Å². The Labute approximate surface area is 124 Å². The average molecular weight is 314 g/mol. The van der Waals surface area contributed by atoms with Gasteiger partial charge in [0.05, 0.1) is 12.7 Å². The molecular formula is C14H19FN2O3S. The third-order valence-electron chi connectivity index (χ3n) is 3.54. The zero-order valence-electron chi connectivity index (χ0n) is 11.9. The van der Waals surface area contributed by atoms with E-state index < -0.39 is 10.0 Å². The van der Waals surface area contributed by atoms with Crippen molar-refractivity contribution in [2.45, 2.75) is 25.3 Å². The molecule has 1 heterocycles. The summed E-state index contributed by atoms with van der Waals surface area (Å²) in [5, 5.41) is 2.73. The monoisotopic (exact) mass is 314 g/mol. The number of hydrogen-bond acceptors (Lipinski definition) is 3. The number of benzene rings is 1. The molecular weight excluding hydrogens is 295 g/mol. The summed E-state index contributed by atoms with van der Waals surface area (Å²) in [6.07, 6.45) is 2.81. The van der Waals surface area contributed by atoms with Gasteiger partial charge in [0.1, 0.15) is 5.82 Å². The maximum atomic E-state index is 13.0. The van der Waals surface area contributed by atoms with Crippen LogP contribution in [0.25, 0.3) is 0 Å². The number of hydrogen-bond donors (Lipinski definition) is 1. The summed E-state index contributed by atoms with van der Waals surface area (Å²) in [6.45, 7) is 0.796. The van der Waals surface area contributed by atoms with Crippen LogP contribution in [-0.2, 0) is 21.2 Å². The van der Waals surface area contributed by atoms with E-state index in [0.717, 1.165) is 12.8 Å². The molecule has 7 heteroatoms. The topological polar surface area (TPSA) is 66.5 Å². The summed E-state index contributed by atoms with van der Waals surface area (Å²) in [5.41, 5.74) is 0.596. The van der Waals surface area contributed by atoms with Crippen LogP contribution in [0.3, 0.4) is 0 Å². The summed E-state index contributed by atoms with van der Waals surface area (Å²) in [7, 11) is -3.23. The van der Waals surface area contributed by atoms with Crippen LogP contribution in [-0.4, -0.2) is 44.0 Å². The lowest BCUT2D eigenvalue weighted by Gasteiger charge is -2.22. The fourth-order valence-electron chi connectivity index (χ4n) is 2.58. The van der Waals surface area contributed by atoms with Gasteiger partial charge in [0.2, 0.25) is 15.9 Å². The summed E-state index contributed by atoms with van der Waals surface area (Å²) in [6, 6.07) is 5.69. The highest BCUT2D eigenvalue weighted by molar-refractivity contribution is 7.88. The molecule has 0 spiro atoms. The van der Waals surface area contributed by atoms with Crippen molar-refractivity contribution in [2.75, 3.05) is 19.3 Å². The first kappa shape index (κ1) is 15.9. The molecule has 1 aliphatic rings. The molecule has 0 aliphatic carbocycles. The number of nitrogens with one attached hydrogen (secondary N) is 1. The minimum Gasteiger partial charge on any atom is -0.354 e. The van der Waals surface area contributed by atoms with Gasteiger partial charge >= 0.3 is 0 Å². The zero-order chi connectivity index (χ0) is 15.5. The molecule has 1 amide bonds. The maximum Gasteiger partial charge on any atom is 0.224 e. The molecule has 1 atom stereocenters. The Hall–Kier alpha value is -1.47. The van der Waals surface area contributed by atoms with E-state index in [4.69, 9.17) is 0 Å². The first-order valence-corrected chi connectivity index (χ1v) is 8.69. The molecule has 1 saturated heterocycles.